The van der Waals surface area contributed by atoms with Crippen molar-refractivity contribution < 1.29 is 4.74 Å². The molecule has 0 aliphatic rings. The van der Waals surface area contributed by atoms with Crippen LogP contribution in [-0.2, 0) is 0 Å². The summed E-state index contributed by atoms with van der Waals surface area (Å²) in [6.07, 6.45) is 1.72. The van der Waals surface area contributed by atoms with Crippen LogP contribution in [0.5, 0.6) is 5.75 Å². The highest BCUT2D eigenvalue weighted by Crippen LogP contribution is 2.34. The SMILES string of the molecule is COc1cnn(C(C)C)c1C(N)c1sc(C)nc1C. The van der Waals surface area contributed by atoms with Gasteiger partial charge in [-0.25, -0.2) is 4.98 Å². The topological polar surface area (TPSA) is 66.0 Å². The Morgan fingerprint density at radius 2 is 2.05 bits per heavy atom. The second kappa shape index (κ2) is 5.30. The molecule has 0 bridgehead atoms. The third-order valence-corrected chi connectivity index (χ3v) is 4.18. The van der Waals surface area contributed by atoms with Gasteiger partial charge in [-0.15, -0.1) is 11.3 Å². The van der Waals surface area contributed by atoms with Crippen molar-refractivity contribution in [2.45, 2.75) is 39.8 Å². The Bertz CT molecular complexity index is 573. The van der Waals surface area contributed by atoms with Gasteiger partial charge >= 0.3 is 0 Å². The van der Waals surface area contributed by atoms with Crippen molar-refractivity contribution >= 4 is 11.3 Å². The quantitative estimate of drug-likeness (QED) is 0.935. The number of thiazole rings is 1. The highest BCUT2D eigenvalue weighted by Gasteiger charge is 2.24. The fourth-order valence-corrected chi connectivity index (χ4v) is 3.11. The molecule has 6 heteroatoms. The van der Waals surface area contributed by atoms with Gasteiger partial charge in [0.25, 0.3) is 0 Å². The van der Waals surface area contributed by atoms with Gasteiger partial charge in [0, 0.05) is 6.04 Å². The summed E-state index contributed by atoms with van der Waals surface area (Å²) in [6.45, 7) is 8.13. The van der Waals surface area contributed by atoms with Crippen LogP contribution >= 0.6 is 11.3 Å². The first-order chi connectivity index (χ1) is 8.95. The van der Waals surface area contributed by atoms with Crippen LogP contribution in [0, 0.1) is 13.8 Å². The number of aromatic nitrogens is 3. The molecule has 0 aromatic carbocycles. The van der Waals surface area contributed by atoms with E-state index in [1.54, 1.807) is 24.6 Å². The molecule has 0 radical (unpaired) electrons. The van der Waals surface area contributed by atoms with E-state index < -0.39 is 0 Å². The molecule has 2 rings (SSSR count). The Labute approximate surface area is 117 Å². The van der Waals surface area contributed by atoms with Crippen LogP contribution in [-0.4, -0.2) is 21.9 Å². The van der Waals surface area contributed by atoms with E-state index in [0.717, 1.165) is 27.0 Å². The first kappa shape index (κ1) is 14.0. The van der Waals surface area contributed by atoms with E-state index in [1.165, 1.54) is 0 Å². The molecule has 104 valence electrons. The van der Waals surface area contributed by atoms with Gasteiger partial charge in [-0.05, 0) is 27.7 Å². The number of hydrogen-bond donors (Lipinski definition) is 1. The lowest BCUT2D eigenvalue weighted by Crippen LogP contribution is -2.19. The molecule has 5 nitrogen and oxygen atoms in total. The van der Waals surface area contributed by atoms with Crippen LogP contribution in [0.1, 0.15) is 47.2 Å². The van der Waals surface area contributed by atoms with Crippen LogP contribution in [0.4, 0.5) is 0 Å². The molecule has 0 saturated carbocycles. The van der Waals surface area contributed by atoms with Crippen molar-refractivity contribution in [3.8, 4) is 5.75 Å². The van der Waals surface area contributed by atoms with Crippen molar-refractivity contribution in [2.24, 2.45) is 5.73 Å². The number of hydrogen-bond acceptors (Lipinski definition) is 5. The summed E-state index contributed by atoms with van der Waals surface area (Å²) >= 11 is 1.63. The summed E-state index contributed by atoms with van der Waals surface area (Å²) in [5.74, 6) is 0.728. The van der Waals surface area contributed by atoms with E-state index >= 15 is 0 Å². The molecule has 0 fully saturated rings. The summed E-state index contributed by atoms with van der Waals surface area (Å²) in [7, 11) is 1.64. The first-order valence-electron chi connectivity index (χ1n) is 6.26. The van der Waals surface area contributed by atoms with Gasteiger partial charge in [-0.2, -0.15) is 5.10 Å². The first-order valence-corrected chi connectivity index (χ1v) is 7.08. The predicted octanol–water partition coefficient (Wildman–Crippen LogP) is 2.59. The molecule has 0 amide bonds. The predicted molar refractivity (Wildman–Crippen MR) is 76.8 cm³/mol. The van der Waals surface area contributed by atoms with Crippen molar-refractivity contribution in [1.82, 2.24) is 14.8 Å². The Balaban J connectivity index is 2.51. The Morgan fingerprint density at radius 3 is 2.53 bits per heavy atom. The van der Waals surface area contributed by atoms with Gasteiger partial charge in [0.15, 0.2) is 5.75 Å². The van der Waals surface area contributed by atoms with Crippen LogP contribution in [0.25, 0.3) is 0 Å². The highest BCUT2D eigenvalue weighted by atomic mass is 32.1. The minimum absolute atomic E-state index is 0.235. The molecule has 2 aromatic heterocycles. The average Bonchev–Trinajstić information content (AvgIpc) is 2.91. The molecule has 0 aliphatic carbocycles. The van der Waals surface area contributed by atoms with Gasteiger partial charge in [0.2, 0.25) is 0 Å². The lowest BCUT2D eigenvalue weighted by molar-refractivity contribution is 0.401. The molecule has 1 atom stereocenters. The van der Waals surface area contributed by atoms with Crippen LogP contribution in [0.15, 0.2) is 6.20 Å². The number of nitrogens with two attached hydrogens (primary N) is 1. The number of aryl methyl sites for hydroxylation is 2. The second-order valence-electron chi connectivity index (χ2n) is 4.80. The molecule has 0 saturated heterocycles. The lowest BCUT2D eigenvalue weighted by Gasteiger charge is -2.17. The molecule has 1 unspecified atom stereocenters. The molecule has 0 aliphatic heterocycles. The molecule has 2 N–H and O–H groups in total. The van der Waals surface area contributed by atoms with Crippen LogP contribution < -0.4 is 10.5 Å². The number of methoxy groups -OCH3 is 1. The number of rotatable bonds is 4. The van der Waals surface area contributed by atoms with Gasteiger partial charge in [-0.1, -0.05) is 0 Å². The van der Waals surface area contributed by atoms with Gasteiger partial charge in [0.1, 0.15) is 5.69 Å². The minimum atomic E-state index is -0.258. The second-order valence-corrected chi connectivity index (χ2v) is 6.03. The van der Waals surface area contributed by atoms with Gasteiger partial charge < -0.3 is 10.5 Å². The van der Waals surface area contributed by atoms with E-state index in [1.807, 2.05) is 18.5 Å². The third-order valence-electron chi connectivity index (χ3n) is 3.02. The molecule has 2 heterocycles. The molecular weight excluding hydrogens is 260 g/mol. The van der Waals surface area contributed by atoms with Crippen molar-refractivity contribution in [1.29, 1.82) is 0 Å². The van der Waals surface area contributed by atoms with Gasteiger partial charge in [-0.3, -0.25) is 4.68 Å². The van der Waals surface area contributed by atoms with Gasteiger partial charge in [0.05, 0.1) is 34.9 Å². The summed E-state index contributed by atoms with van der Waals surface area (Å²) in [5, 5.41) is 5.39. The van der Waals surface area contributed by atoms with Crippen LogP contribution in [0.2, 0.25) is 0 Å². The lowest BCUT2D eigenvalue weighted by atomic mass is 10.1. The summed E-state index contributed by atoms with van der Waals surface area (Å²) < 4.78 is 7.30. The van der Waals surface area contributed by atoms with Crippen molar-refractivity contribution in [3.05, 3.63) is 27.5 Å². The summed E-state index contributed by atoms with van der Waals surface area (Å²) in [6, 6.07) is -0.0228. The van der Waals surface area contributed by atoms with E-state index in [0.29, 0.717) is 0 Å². The zero-order chi connectivity index (χ0) is 14.2. The van der Waals surface area contributed by atoms with Crippen molar-refractivity contribution in [2.75, 3.05) is 7.11 Å². The zero-order valence-electron chi connectivity index (χ0n) is 12.0. The standard InChI is InChI=1S/C13H20N4OS/c1-7(2)17-12(10(18-5)6-15-17)11(14)13-8(3)16-9(4)19-13/h6-7,11H,14H2,1-5H3. The van der Waals surface area contributed by atoms with E-state index in [-0.39, 0.29) is 12.1 Å². The fourth-order valence-electron chi connectivity index (χ4n) is 2.18. The van der Waals surface area contributed by atoms with Crippen LogP contribution in [0.3, 0.4) is 0 Å². The maximum Gasteiger partial charge on any atom is 0.161 e. The molecular formula is C13H20N4OS. The van der Waals surface area contributed by atoms with Crippen molar-refractivity contribution in [3.63, 3.8) is 0 Å². The smallest absolute Gasteiger partial charge is 0.161 e. The third kappa shape index (κ3) is 2.50. The summed E-state index contributed by atoms with van der Waals surface area (Å²) in [4.78, 5) is 5.51. The minimum Gasteiger partial charge on any atom is -0.493 e. The molecule has 2 aromatic rings. The number of nitrogens with zero attached hydrogens (tertiary/aromatic N) is 3. The largest absolute Gasteiger partial charge is 0.493 e. The zero-order valence-corrected chi connectivity index (χ0v) is 12.8. The van der Waals surface area contributed by atoms with E-state index in [2.05, 4.69) is 23.9 Å². The Hall–Kier alpha value is -1.40. The Morgan fingerprint density at radius 1 is 1.37 bits per heavy atom. The fraction of sp³-hybridized carbons (Fsp3) is 0.538. The number of ether oxygens (including phenoxy) is 1. The monoisotopic (exact) mass is 280 g/mol. The van der Waals surface area contributed by atoms with E-state index in [4.69, 9.17) is 10.5 Å². The molecule has 19 heavy (non-hydrogen) atoms. The highest BCUT2D eigenvalue weighted by molar-refractivity contribution is 7.11. The average molecular weight is 280 g/mol. The summed E-state index contributed by atoms with van der Waals surface area (Å²) in [5.41, 5.74) is 8.31. The molecule has 0 spiro atoms. The normalized spacial score (nSPS) is 13.0. The maximum atomic E-state index is 6.42. The Kier molecular flexibility index (Phi) is 3.91. The maximum absolute atomic E-state index is 6.42. The van der Waals surface area contributed by atoms with E-state index in [9.17, 15) is 0 Å².